The van der Waals surface area contributed by atoms with E-state index in [0.717, 1.165) is 31.7 Å². The van der Waals surface area contributed by atoms with E-state index in [1.807, 2.05) is 0 Å². The summed E-state index contributed by atoms with van der Waals surface area (Å²) in [6.45, 7) is 4.02. The molecule has 0 aromatic heterocycles. The van der Waals surface area contributed by atoms with Gasteiger partial charge in [-0.15, -0.1) is 0 Å². The van der Waals surface area contributed by atoms with E-state index in [-0.39, 0.29) is 11.4 Å². The van der Waals surface area contributed by atoms with Gasteiger partial charge in [-0.05, 0) is 43.4 Å². The van der Waals surface area contributed by atoms with Gasteiger partial charge in [0, 0.05) is 12.1 Å². The second-order valence-electron chi connectivity index (χ2n) is 6.20. The molecule has 6 heteroatoms. The summed E-state index contributed by atoms with van der Waals surface area (Å²) in [4.78, 5) is -0.00597. The first-order valence-corrected chi connectivity index (χ1v) is 8.76. The lowest BCUT2D eigenvalue weighted by atomic mass is 9.77. The van der Waals surface area contributed by atoms with E-state index in [9.17, 15) is 12.8 Å². The molecule has 0 bridgehead atoms. The van der Waals surface area contributed by atoms with Crippen LogP contribution < -0.4 is 10.5 Å². The van der Waals surface area contributed by atoms with Gasteiger partial charge in [0.05, 0.1) is 4.90 Å². The molecule has 4 nitrogen and oxygen atoms in total. The van der Waals surface area contributed by atoms with Crippen molar-refractivity contribution in [2.75, 3.05) is 6.54 Å². The van der Waals surface area contributed by atoms with Crippen molar-refractivity contribution in [2.24, 2.45) is 11.7 Å². The zero-order chi connectivity index (χ0) is 15.7. The van der Waals surface area contributed by atoms with E-state index >= 15 is 0 Å². The second kappa shape index (κ2) is 6.02. The van der Waals surface area contributed by atoms with Gasteiger partial charge in [-0.2, -0.15) is 0 Å². The van der Waals surface area contributed by atoms with Crippen molar-refractivity contribution in [1.82, 2.24) is 4.72 Å². The summed E-state index contributed by atoms with van der Waals surface area (Å²) in [5.41, 5.74) is 5.76. The van der Waals surface area contributed by atoms with Gasteiger partial charge >= 0.3 is 0 Å². The van der Waals surface area contributed by atoms with Crippen molar-refractivity contribution in [3.8, 4) is 0 Å². The molecule has 1 saturated carbocycles. The molecule has 21 heavy (non-hydrogen) atoms. The molecule has 2 unspecified atom stereocenters. The Bertz CT molecular complexity index is 618. The zero-order valence-electron chi connectivity index (χ0n) is 12.5. The van der Waals surface area contributed by atoms with E-state index in [4.69, 9.17) is 5.73 Å². The SMILES string of the molecule is Cc1ccc(F)cc1S(=O)(=O)NC1(CN)CCCC(C)C1. The predicted molar refractivity (Wildman–Crippen MR) is 80.9 cm³/mol. The first-order chi connectivity index (χ1) is 9.78. The van der Waals surface area contributed by atoms with Crippen molar-refractivity contribution in [2.45, 2.75) is 50.0 Å². The van der Waals surface area contributed by atoms with Crippen molar-refractivity contribution >= 4 is 10.0 Å². The van der Waals surface area contributed by atoms with Crippen LogP contribution >= 0.6 is 0 Å². The summed E-state index contributed by atoms with van der Waals surface area (Å²) in [6, 6.07) is 3.80. The summed E-state index contributed by atoms with van der Waals surface area (Å²) < 4.78 is 41.4. The van der Waals surface area contributed by atoms with Crippen LogP contribution in [0, 0.1) is 18.7 Å². The lowest BCUT2D eigenvalue weighted by Gasteiger charge is -2.39. The Morgan fingerprint density at radius 3 is 2.81 bits per heavy atom. The molecule has 0 radical (unpaired) electrons. The van der Waals surface area contributed by atoms with E-state index in [2.05, 4.69) is 11.6 Å². The number of nitrogens with two attached hydrogens (primary N) is 1. The normalized spacial score (nSPS) is 26.8. The molecule has 1 aliphatic carbocycles. The molecule has 0 heterocycles. The lowest BCUT2D eigenvalue weighted by Crippen LogP contribution is -2.55. The first-order valence-electron chi connectivity index (χ1n) is 7.28. The molecule has 1 aromatic rings. The van der Waals surface area contributed by atoms with Crippen LogP contribution in [0.3, 0.4) is 0 Å². The van der Waals surface area contributed by atoms with Crippen molar-refractivity contribution in [1.29, 1.82) is 0 Å². The second-order valence-corrected chi connectivity index (χ2v) is 7.85. The van der Waals surface area contributed by atoms with Crippen molar-refractivity contribution in [3.05, 3.63) is 29.6 Å². The van der Waals surface area contributed by atoms with Gasteiger partial charge in [0.2, 0.25) is 10.0 Å². The van der Waals surface area contributed by atoms with Gasteiger partial charge in [-0.1, -0.05) is 25.8 Å². The third-order valence-electron chi connectivity index (χ3n) is 4.27. The highest BCUT2D eigenvalue weighted by Gasteiger charge is 2.38. The van der Waals surface area contributed by atoms with Crippen LogP contribution in [-0.4, -0.2) is 20.5 Å². The molecular weight excluding hydrogens is 291 g/mol. The number of benzene rings is 1. The Labute approximate surface area is 126 Å². The van der Waals surface area contributed by atoms with Gasteiger partial charge < -0.3 is 5.73 Å². The summed E-state index contributed by atoms with van der Waals surface area (Å²) in [6.07, 6.45) is 3.48. The van der Waals surface area contributed by atoms with Crippen LogP contribution in [0.15, 0.2) is 23.1 Å². The Hall–Kier alpha value is -0.980. The van der Waals surface area contributed by atoms with Gasteiger partial charge in [0.1, 0.15) is 5.82 Å². The molecule has 0 amide bonds. The quantitative estimate of drug-likeness (QED) is 0.896. The van der Waals surface area contributed by atoms with Crippen LogP contribution in [0.1, 0.15) is 38.2 Å². The Balaban J connectivity index is 2.33. The van der Waals surface area contributed by atoms with Crippen LogP contribution in [0.5, 0.6) is 0 Å². The van der Waals surface area contributed by atoms with Crippen LogP contribution in [0.25, 0.3) is 0 Å². The highest BCUT2D eigenvalue weighted by molar-refractivity contribution is 7.89. The number of sulfonamides is 1. The topological polar surface area (TPSA) is 72.2 Å². The molecule has 0 saturated heterocycles. The molecular formula is C15H23FN2O2S. The molecule has 1 aromatic carbocycles. The molecule has 0 spiro atoms. The summed E-state index contributed by atoms with van der Waals surface area (Å²) in [5, 5.41) is 0. The highest BCUT2D eigenvalue weighted by Crippen LogP contribution is 2.33. The minimum Gasteiger partial charge on any atom is -0.329 e. The molecule has 3 N–H and O–H groups in total. The van der Waals surface area contributed by atoms with Crippen LogP contribution in [-0.2, 0) is 10.0 Å². The van der Waals surface area contributed by atoms with Crippen LogP contribution in [0.4, 0.5) is 4.39 Å². The van der Waals surface area contributed by atoms with Crippen molar-refractivity contribution < 1.29 is 12.8 Å². The summed E-state index contributed by atoms with van der Waals surface area (Å²) >= 11 is 0. The van der Waals surface area contributed by atoms with Crippen LogP contribution in [0.2, 0.25) is 0 Å². The lowest BCUT2D eigenvalue weighted by molar-refractivity contribution is 0.223. The Morgan fingerprint density at radius 2 is 2.19 bits per heavy atom. The molecule has 118 valence electrons. The first kappa shape index (κ1) is 16.4. The third kappa shape index (κ3) is 3.62. The number of hydrogen-bond acceptors (Lipinski definition) is 3. The third-order valence-corrected chi connectivity index (χ3v) is 5.99. The van der Waals surface area contributed by atoms with Gasteiger partial charge in [0.15, 0.2) is 0 Å². The summed E-state index contributed by atoms with van der Waals surface area (Å²) in [5.74, 6) is -0.126. The molecule has 1 aliphatic rings. The minimum absolute atomic E-state index is 0.00597. The monoisotopic (exact) mass is 314 g/mol. The van der Waals surface area contributed by atoms with E-state index in [0.29, 0.717) is 11.5 Å². The molecule has 2 atom stereocenters. The number of hydrogen-bond donors (Lipinski definition) is 2. The van der Waals surface area contributed by atoms with E-state index < -0.39 is 21.4 Å². The average molecular weight is 314 g/mol. The predicted octanol–water partition coefficient (Wildman–Crippen LogP) is 2.32. The number of nitrogens with one attached hydrogen (secondary N) is 1. The fourth-order valence-electron chi connectivity index (χ4n) is 3.18. The Morgan fingerprint density at radius 1 is 1.48 bits per heavy atom. The molecule has 2 rings (SSSR count). The number of halogens is 1. The maximum absolute atomic E-state index is 13.4. The average Bonchev–Trinajstić information content (AvgIpc) is 2.41. The van der Waals surface area contributed by atoms with Gasteiger partial charge in [0.25, 0.3) is 0 Å². The van der Waals surface area contributed by atoms with E-state index in [1.165, 1.54) is 12.1 Å². The maximum Gasteiger partial charge on any atom is 0.241 e. The zero-order valence-corrected chi connectivity index (χ0v) is 13.3. The highest BCUT2D eigenvalue weighted by atomic mass is 32.2. The molecule has 0 aliphatic heterocycles. The number of aryl methyl sites for hydroxylation is 1. The fraction of sp³-hybridized carbons (Fsp3) is 0.600. The smallest absolute Gasteiger partial charge is 0.241 e. The van der Waals surface area contributed by atoms with Crippen molar-refractivity contribution in [3.63, 3.8) is 0 Å². The largest absolute Gasteiger partial charge is 0.329 e. The van der Waals surface area contributed by atoms with Gasteiger partial charge in [-0.3, -0.25) is 0 Å². The fourth-order valence-corrected chi connectivity index (χ4v) is 4.89. The number of rotatable bonds is 4. The summed E-state index contributed by atoms with van der Waals surface area (Å²) in [7, 11) is -3.78. The molecule has 1 fully saturated rings. The standard InChI is InChI=1S/C15H23FN2O2S/c1-11-4-3-7-15(9-11,10-17)18-21(19,20)14-8-13(16)6-5-12(14)2/h5-6,8,11,18H,3-4,7,9-10,17H2,1-2H3. The maximum atomic E-state index is 13.4. The van der Waals surface area contributed by atoms with Gasteiger partial charge in [-0.25, -0.2) is 17.5 Å². The Kier molecular flexibility index (Phi) is 4.70. The minimum atomic E-state index is -3.78. The van der Waals surface area contributed by atoms with E-state index in [1.54, 1.807) is 6.92 Å².